The molecule has 0 aliphatic heterocycles. The highest BCUT2D eigenvalue weighted by Gasteiger charge is 2.18. The molecule has 1 aromatic rings. The summed E-state index contributed by atoms with van der Waals surface area (Å²) in [7, 11) is -3.97. The van der Waals surface area contributed by atoms with Crippen molar-refractivity contribution in [2.75, 3.05) is 0 Å². The van der Waals surface area contributed by atoms with Crippen molar-refractivity contribution < 1.29 is 12.8 Å². The van der Waals surface area contributed by atoms with Gasteiger partial charge in [-0.25, -0.2) is 17.9 Å². The predicted octanol–water partition coefficient (Wildman–Crippen LogP) is 1.68. The van der Waals surface area contributed by atoms with Crippen LogP contribution in [0.4, 0.5) is 4.39 Å². The number of halogens is 3. The van der Waals surface area contributed by atoms with Gasteiger partial charge >= 0.3 is 0 Å². The second-order valence-electron chi connectivity index (χ2n) is 2.24. The van der Waals surface area contributed by atoms with Crippen LogP contribution in [0.5, 0.6) is 0 Å². The highest BCUT2D eigenvalue weighted by Crippen LogP contribution is 2.22. The Morgan fingerprint density at radius 2 is 1.85 bits per heavy atom. The molecule has 2 N–H and O–H groups in total. The summed E-state index contributed by atoms with van der Waals surface area (Å²) in [4.78, 5) is -0.437. The van der Waals surface area contributed by atoms with E-state index in [4.69, 9.17) is 5.14 Å². The standard InChI is InChI=1S/C6H4FI2NO2S/c7-4-1-3(8)2-5(9)6(4)13(10,11)12/h1-2H,(H2,10,11,12). The van der Waals surface area contributed by atoms with Crippen LogP contribution < -0.4 is 5.14 Å². The Kier molecular flexibility index (Phi) is 3.52. The zero-order chi connectivity index (χ0) is 10.2. The minimum absolute atomic E-state index is 0.296. The van der Waals surface area contributed by atoms with E-state index in [0.717, 1.165) is 6.07 Å². The fourth-order valence-electron chi connectivity index (χ4n) is 0.801. The van der Waals surface area contributed by atoms with Gasteiger partial charge in [0.15, 0.2) is 0 Å². The molecule has 0 radical (unpaired) electrons. The predicted molar refractivity (Wildman–Crippen MR) is 63.2 cm³/mol. The molecule has 0 saturated heterocycles. The Morgan fingerprint density at radius 1 is 1.31 bits per heavy atom. The third kappa shape index (κ3) is 2.73. The van der Waals surface area contributed by atoms with Gasteiger partial charge in [-0.05, 0) is 57.3 Å². The highest BCUT2D eigenvalue weighted by molar-refractivity contribution is 14.1. The second-order valence-corrected chi connectivity index (χ2v) is 6.15. The van der Waals surface area contributed by atoms with Crippen LogP contribution in [-0.4, -0.2) is 8.42 Å². The number of benzene rings is 1. The molecule has 0 aliphatic rings. The van der Waals surface area contributed by atoms with E-state index in [-0.39, 0.29) is 0 Å². The van der Waals surface area contributed by atoms with E-state index in [9.17, 15) is 12.8 Å². The van der Waals surface area contributed by atoms with E-state index in [2.05, 4.69) is 0 Å². The molecule has 13 heavy (non-hydrogen) atoms. The number of primary sulfonamides is 1. The maximum Gasteiger partial charge on any atom is 0.242 e. The van der Waals surface area contributed by atoms with E-state index >= 15 is 0 Å². The van der Waals surface area contributed by atoms with E-state index in [0.29, 0.717) is 7.14 Å². The van der Waals surface area contributed by atoms with E-state index in [1.54, 1.807) is 28.7 Å². The van der Waals surface area contributed by atoms with Gasteiger partial charge in [-0.3, -0.25) is 0 Å². The number of hydrogen-bond acceptors (Lipinski definition) is 2. The highest BCUT2D eigenvalue weighted by atomic mass is 127. The van der Waals surface area contributed by atoms with Crippen LogP contribution in [0.25, 0.3) is 0 Å². The van der Waals surface area contributed by atoms with Gasteiger partial charge in [-0.2, -0.15) is 0 Å². The molecule has 1 rings (SSSR count). The van der Waals surface area contributed by atoms with Crippen molar-refractivity contribution in [1.29, 1.82) is 0 Å². The first-order valence-corrected chi connectivity index (χ1v) is 6.70. The molecule has 1 aromatic carbocycles. The lowest BCUT2D eigenvalue weighted by Crippen LogP contribution is -2.15. The summed E-state index contributed by atoms with van der Waals surface area (Å²) < 4.78 is 35.9. The molecule has 7 heteroatoms. The van der Waals surface area contributed by atoms with Gasteiger partial charge in [0.1, 0.15) is 10.7 Å². The van der Waals surface area contributed by atoms with Gasteiger partial charge in [-0.1, -0.05) is 0 Å². The third-order valence-electron chi connectivity index (χ3n) is 1.25. The molecule has 0 amide bonds. The van der Waals surface area contributed by atoms with Crippen molar-refractivity contribution in [2.24, 2.45) is 5.14 Å². The van der Waals surface area contributed by atoms with Crippen LogP contribution in [0.15, 0.2) is 17.0 Å². The van der Waals surface area contributed by atoms with E-state index in [1.807, 2.05) is 22.6 Å². The fourth-order valence-corrected chi connectivity index (χ4v) is 4.16. The Balaban J connectivity index is 3.57. The molecular weight excluding hydrogens is 423 g/mol. The van der Waals surface area contributed by atoms with Crippen LogP contribution in [0.1, 0.15) is 0 Å². The van der Waals surface area contributed by atoms with Crippen molar-refractivity contribution in [3.8, 4) is 0 Å². The molecule has 0 unspecified atom stereocenters. The Labute approximate surface area is 102 Å². The number of sulfonamides is 1. The third-order valence-corrected chi connectivity index (χ3v) is 4.07. The molecular formula is C6H4FI2NO2S. The van der Waals surface area contributed by atoms with Crippen molar-refractivity contribution >= 4 is 55.2 Å². The molecule has 0 aromatic heterocycles. The fraction of sp³-hybridized carbons (Fsp3) is 0. The summed E-state index contributed by atoms with van der Waals surface area (Å²) in [6.45, 7) is 0. The summed E-state index contributed by atoms with van der Waals surface area (Å²) in [6, 6.07) is 2.67. The summed E-state index contributed by atoms with van der Waals surface area (Å²) in [6.07, 6.45) is 0. The van der Waals surface area contributed by atoms with Crippen LogP contribution in [-0.2, 0) is 10.0 Å². The second kappa shape index (κ2) is 3.95. The summed E-state index contributed by atoms with van der Waals surface area (Å²) in [5, 5.41) is 4.83. The molecule has 3 nitrogen and oxygen atoms in total. The van der Waals surface area contributed by atoms with Crippen LogP contribution in [0.3, 0.4) is 0 Å². The van der Waals surface area contributed by atoms with Gasteiger partial charge < -0.3 is 0 Å². The van der Waals surface area contributed by atoms with Crippen LogP contribution in [0, 0.1) is 13.0 Å². The number of rotatable bonds is 1. The SMILES string of the molecule is NS(=O)(=O)c1c(F)cc(I)cc1I. The molecule has 72 valence electrons. The molecule has 0 bridgehead atoms. The number of hydrogen-bond donors (Lipinski definition) is 1. The maximum atomic E-state index is 13.1. The largest absolute Gasteiger partial charge is 0.242 e. The molecule has 0 atom stereocenters. The quantitative estimate of drug-likeness (QED) is 0.694. The lowest BCUT2D eigenvalue weighted by atomic mass is 10.3. The average Bonchev–Trinajstić information content (AvgIpc) is 1.78. The van der Waals surface area contributed by atoms with Crippen LogP contribution in [0.2, 0.25) is 0 Å². The van der Waals surface area contributed by atoms with Crippen molar-refractivity contribution in [1.82, 2.24) is 0 Å². The molecule has 0 heterocycles. The van der Waals surface area contributed by atoms with E-state index in [1.165, 1.54) is 0 Å². The lowest BCUT2D eigenvalue weighted by molar-refractivity contribution is 0.565. The molecule has 0 aliphatic carbocycles. The molecule has 0 spiro atoms. The van der Waals surface area contributed by atoms with Gasteiger partial charge in [0.05, 0.1) is 0 Å². The summed E-state index contributed by atoms with van der Waals surface area (Å²) in [5.74, 6) is -0.807. The maximum absolute atomic E-state index is 13.1. The smallest absolute Gasteiger partial charge is 0.225 e. The van der Waals surface area contributed by atoms with Crippen molar-refractivity contribution in [2.45, 2.75) is 4.90 Å². The Hall–Kier alpha value is 0.520. The number of nitrogens with two attached hydrogens (primary N) is 1. The first-order chi connectivity index (χ1) is 5.82. The van der Waals surface area contributed by atoms with Gasteiger partial charge in [0, 0.05) is 7.14 Å². The Morgan fingerprint density at radius 3 is 2.23 bits per heavy atom. The zero-order valence-electron chi connectivity index (χ0n) is 6.09. The Bertz CT molecular complexity index is 423. The molecule has 0 saturated carbocycles. The first kappa shape index (κ1) is 11.6. The normalized spacial score (nSPS) is 11.7. The van der Waals surface area contributed by atoms with Gasteiger partial charge in [0.2, 0.25) is 10.0 Å². The first-order valence-electron chi connectivity index (χ1n) is 2.99. The van der Waals surface area contributed by atoms with Crippen molar-refractivity contribution in [3.05, 3.63) is 25.1 Å². The zero-order valence-corrected chi connectivity index (χ0v) is 11.2. The van der Waals surface area contributed by atoms with Gasteiger partial charge in [0.25, 0.3) is 0 Å². The minimum atomic E-state index is -3.97. The minimum Gasteiger partial charge on any atom is -0.225 e. The lowest BCUT2D eigenvalue weighted by Gasteiger charge is -2.03. The summed E-state index contributed by atoms with van der Waals surface area (Å²) >= 11 is 3.63. The monoisotopic (exact) mass is 427 g/mol. The van der Waals surface area contributed by atoms with Crippen LogP contribution >= 0.6 is 45.2 Å². The van der Waals surface area contributed by atoms with E-state index < -0.39 is 20.7 Å². The average molecular weight is 427 g/mol. The molecule has 0 fully saturated rings. The van der Waals surface area contributed by atoms with Crippen molar-refractivity contribution in [3.63, 3.8) is 0 Å². The summed E-state index contributed by atoms with van der Waals surface area (Å²) in [5.41, 5.74) is 0. The topological polar surface area (TPSA) is 60.2 Å². The van der Waals surface area contributed by atoms with Gasteiger partial charge in [-0.15, -0.1) is 0 Å².